The number of hydrogen-bond donors (Lipinski definition) is 7. The smallest absolute Gasteiger partial charge is 0.330 e. The van der Waals surface area contributed by atoms with Crippen LogP contribution in [0.5, 0.6) is 5.75 Å². The minimum atomic E-state index is -2.06. The van der Waals surface area contributed by atoms with Crippen molar-refractivity contribution < 1.29 is 59.5 Å². The summed E-state index contributed by atoms with van der Waals surface area (Å²) < 4.78 is 21.8. The molecule has 1 saturated heterocycles. The first-order valence-corrected chi connectivity index (χ1v) is 12.0. The van der Waals surface area contributed by atoms with Crippen LogP contribution in [0.25, 0.3) is 6.08 Å². The minimum absolute atomic E-state index is 0.0636. The molecule has 1 aromatic carbocycles. The molecule has 4 rings (SSSR count). The van der Waals surface area contributed by atoms with Crippen LogP contribution in [0.3, 0.4) is 0 Å². The van der Waals surface area contributed by atoms with Gasteiger partial charge in [-0.05, 0) is 29.8 Å². The van der Waals surface area contributed by atoms with Crippen molar-refractivity contribution in [2.45, 2.75) is 54.1 Å². The van der Waals surface area contributed by atoms with E-state index >= 15 is 0 Å². The molecule has 0 bridgehead atoms. The number of carbonyl (C=O) groups is 1. The number of aliphatic hydroxyl groups is 6. The van der Waals surface area contributed by atoms with Gasteiger partial charge in [-0.15, -0.1) is 11.6 Å². The predicted molar refractivity (Wildman–Crippen MR) is 125 cm³/mol. The highest BCUT2D eigenvalue weighted by Gasteiger charge is 2.64. The van der Waals surface area contributed by atoms with Gasteiger partial charge in [0.1, 0.15) is 42.4 Å². The fourth-order valence-corrected chi connectivity index (χ4v) is 5.13. The van der Waals surface area contributed by atoms with Crippen molar-refractivity contribution in [3.63, 3.8) is 0 Å². The van der Waals surface area contributed by atoms with Gasteiger partial charge in [0.15, 0.2) is 6.29 Å². The molecule has 3 aliphatic rings. The van der Waals surface area contributed by atoms with E-state index < -0.39 is 85.1 Å². The second kappa shape index (κ2) is 11.2. The molecular weight excluding hydrogens is 516 g/mol. The van der Waals surface area contributed by atoms with Crippen LogP contribution in [-0.4, -0.2) is 109 Å². The molecule has 0 amide bonds. The highest BCUT2D eigenvalue weighted by atomic mass is 35.5. The molecular formula is C24H29ClO12. The molecule has 11 atom stereocenters. The number of hydrogen-bond acceptors (Lipinski definition) is 12. The number of rotatable bonds is 7. The van der Waals surface area contributed by atoms with E-state index in [-0.39, 0.29) is 5.75 Å². The van der Waals surface area contributed by atoms with E-state index in [0.717, 1.165) is 6.08 Å². The monoisotopic (exact) mass is 544 g/mol. The van der Waals surface area contributed by atoms with Crippen LogP contribution < -0.4 is 0 Å². The zero-order chi connectivity index (χ0) is 26.9. The number of aliphatic hydroxyl groups excluding tert-OH is 5. The van der Waals surface area contributed by atoms with E-state index in [1.807, 2.05) is 0 Å². The number of aromatic hydroxyl groups is 1. The number of ether oxygens (including phenoxy) is 4. The number of fused-ring (bicyclic) bond motifs is 1. The van der Waals surface area contributed by atoms with Gasteiger partial charge in [-0.1, -0.05) is 12.1 Å². The summed E-state index contributed by atoms with van der Waals surface area (Å²) in [5.74, 6) is -2.67. The average Bonchev–Trinajstić information content (AvgIpc) is 3.09. The SMILES string of the molecule is O=C(C=Cc1ccc(O)cc1)OCC1(O)C(Cl)C(O)C2C=COC(OC3OC(CO)C(O)C(O)C3O)C21. The summed E-state index contributed by atoms with van der Waals surface area (Å²) in [6.07, 6.45) is -5.34. The Labute approximate surface area is 216 Å². The first-order valence-electron chi connectivity index (χ1n) is 11.5. The van der Waals surface area contributed by atoms with Gasteiger partial charge in [0.25, 0.3) is 0 Å². The van der Waals surface area contributed by atoms with Gasteiger partial charge in [-0.3, -0.25) is 0 Å². The highest BCUT2D eigenvalue weighted by Crippen LogP contribution is 2.49. The number of phenols is 1. The van der Waals surface area contributed by atoms with Crippen LogP contribution >= 0.6 is 11.6 Å². The highest BCUT2D eigenvalue weighted by molar-refractivity contribution is 6.22. The second-order valence-electron chi connectivity index (χ2n) is 9.19. The zero-order valence-corrected chi connectivity index (χ0v) is 20.1. The lowest BCUT2D eigenvalue weighted by molar-refractivity contribution is -0.347. The lowest BCUT2D eigenvalue weighted by Crippen LogP contribution is -2.61. The molecule has 0 radical (unpaired) electrons. The number of carbonyl (C=O) groups excluding carboxylic acids is 1. The van der Waals surface area contributed by atoms with Crippen LogP contribution in [0.4, 0.5) is 0 Å². The minimum Gasteiger partial charge on any atom is -0.508 e. The average molecular weight is 545 g/mol. The summed E-state index contributed by atoms with van der Waals surface area (Å²) in [5, 5.41) is 70.0. The first-order chi connectivity index (χ1) is 17.6. The Bertz CT molecular complexity index is 1000. The molecule has 204 valence electrons. The van der Waals surface area contributed by atoms with Gasteiger partial charge in [0.2, 0.25) is 6.29 Å². The summed E-state index contributed by atoms with van der Waals surface area (Å²) in [7, 11) is 0. The van der Waals surface area contributed by atoms with Crippen molar-refractivity contribution in [2.75, 3.05) is 13.2 Å². The molecule has 12 nitrogen and oxygen atoms in total. The molecule has 1 saturated carbocycles. The third kappa shape index (κ3) is 5.48. The third-order valence-corrected chi connectivity index (χ3v) is 7.47. The molecule has 7 N–H and O–H groups in total. The van der Waals surface area contributed by atoms with Crippen molar-refractivity contribution in [3.05, 3.63) is 48.2 Å². The Morgan fingerprint density at radius 1 is 1.05 bits per heavy atom. The Kier molecular flexibility index (Phi) is 8.43. The van der Waals surface area contributed by atoms with E-state index in [1.165, 1.54) is 30.5 Å². The number of alkyl halides is 1. The van der Waals surface area contributed by atoms with Crippen LogP contribution in [0.15, 0.2) is 42.7 Å². The molecule has 11 unspecified atom stereocenters. The van der Waals surface area contributed by atoms with Crippen molar-refractivity contribution in [3.8, 4) is 5.75 Å². The van der Waals surface area contributed by atoms with Gasteiger partial charge in [-0.25, -0.2) is 4.79 Å². The normalized spacial score (nSPS) is 41.4. The zero-order valence-electron chi connectivity index (χ0n) is 19.4. The van der Waals surface area contributed by atoms with Crippen molar-refractivity contribution in [1.82, 2.24) is 0 Å². The first kappa shape index (κ1) is 27.8. The van der Waals surface area contributed by atoms with Crippen molar-refractivity contribution in [1.29, 1.82) is 0 Å². The maximum absolute atomic E-state index is 12.3. The number of phenolic OH excluding ortho intramolecular Hbond substituents is 1. The molecule has 2 aliphatic heterocycles. The van der Waals surface area contributed by atoms with E-state index in [0.29, 0.717) is 5.56 Å². The molecule has 1 aromatic rings. The van der Waals surface area contributed by atoms with Crippen LogP contribution in [0.1, 0.15) is 5.56 Å². The third-order valence-electron chi connectivity index (χ3n) is 6.84. The summed E-state index contributed by atoms with van der Waals surface area (Å²) in [5.41, 5.74) is -1.45. The number of benzene rings is 1. The second-order valence-corrected chi connectivity index (χ2v) is 9.66. The van der Waals surface area contributed by atoms with Crippen LogP contribution in [0, 0.1) is 11.8 Å². The fraction of sp³-hybridized carbons (Fsp3) is 0.542. The summed E-state index contributed by atoms with van der Waals surface area (Å²) in [6.45, 7) is -1.33. The topological polar surface area (TPSA) is 196 Å². The molecule has 13 heteroatoms. The standard InChI is InChI=1S/C24H29ClO12/c25-21-17(29)13-7-8-34-22(37-23-20(32)19(31)18(30)14(9-26)36-23)16(13)24(21,33)10-35-15(28)6-3-11-1-4-12(27)5-2-11/h1-8,13-14,16-23,26-27,29-33H,9-10H2. The quantitative estimate of drug-likeness (QED) is 0.120. The van der Waals surface area contributed by atoms with Gasteiger partial charge in [0.05, 0.1) is 30.3 Å². The molecule has 2 heterocycles. The van der Waals surface area contributed by atoms with Crippen LogP contribution in [0.2, 0.25) is 0 Å². The molecule has 0 spiro atoms. The van der Waals surface area contributed by atoms with Gasteiger partial charge in [-0.2, -0.15) is 0 Å². The maximum Gasteiger partial charge on any atom is 0.330 e. The van der Waals surface area contributed by atoms with E-state index in [2.05, 4.69) is 0 Å². The van der Waals surface area contributed by atoms with E-state index in [1.54, 1.807) is 12.1 Å². The Balaban J connectivity index is 1.48. The molecule has 0 aromatic heterocycles. The largest absolute Gasteiger partial charge is 0.508 e. The molecule has 2 fully saturated rings. The molecule has 37 heavy (non-hydrogen) atoms. The molecule has 1 aliphatic carbocycles. The lowest BCUT2D eigenvalue weighted by Gasteiger charge is -2.44. The van der Waals surface area contributed by atoms with Gasteiger partial charge < -0.3 is 54.7 Å². The van der Waals surface area contributed by atoms with Gasteiger partial charge in [0, 0.05) is 12.0 Å². The summed E-state index contributed by atoms with van der Waals surface area (Å²) in [4.78, 5) is 12.3. The summed E-state index contributed by atoms with van der Waals surface area (Å²) in [6, 6.07) is 6.04. The Morgan fingerprint density at radius 2 is 1.76 bits per heavy atom. The predicted octanol–water partition coefficient (Wildman–Crippen LogP) is -1.42. The van der Waals surface area contributed by atoms with Crippen LogP contribution in [-0.2, 0) is 23.7 Å². The van der Waals surface area contributed by atoms with Crippen molar-refractivity contribution in [2.24, 2.45) is 11.8 Å². The number of halogens is 1. The van der Waals surface area contributed by atoms with E-state index in [9.17, 15) is 40.5 Å². The van der Waals surface area contributed by atoms with Crippen molar-refractivity contribution >= 4 is 23.6 Å². The number of esters is 1. The lowest BCUT2D eigenvalue weighted by atomic mass is 9.84. The van der Waals surface area contributed by atoms with E-state index in [4.69, 9.17) is 30.5 Å². The Hall–Kier alpha value is -2.26. The van der Waals surface area contributed by atoms with Gasteiger partial charge >= 0.3 is 5.97 Å². The Morgan fingerprint density at radius 3 is 2.43 bits per heavy atom. The summed E-state index contributed by atoms with van der Waals surface area (Å²) >= 11 is 6.38. The maximum atomic E-state index is 12.3. The fourth-order valence-electron chi connectivity index (χ4n) is 4.76.